The zero-order valence-electron chi connectivity index (χ0n) is 17.6. The fraction of sp³-hybridized carbons (Fsp3) is 0.160. The lowest BCUT2D eigenvalue weighted by Crippen LogP contribution is -2.41. The zero-order chi connectivity index (χ0) is 22.5. The van der Waals surface area contributed by atoms with Crippen LogP contribution in [-0.2, 0) is 11.2 Å². The van der Waals surface area contributed by atoms with Crippen LogP contribution in [0.4, 0.5) is 0 Å². The molecule has 4 aromatic rings. The lowest BCUT2D eigenvalue weighted by Gasteiger charge is -2.08. The fourth-order valence-corrected chi connectivity index (χ4v) is 3.77. The number of benzene rings is 2. The molecular formula is C25H23ClN4O2. The van der Waals surface area contributed by atoms with E-state index in [0.717, 1.165) is 33.4 Å². The third kappa shape index (κ3) is 4.98. The summed E-state index contributed by atoms with van der Waals surface area (Å²) in [7, 11) is 0. The molecule has 2 heterocycles. The van der Waals surface area contributed by atoms with Crippen molar-refractivity contribution in [2.24, 2.45) is 0 Å². The minimum atomic E-state index is -0.345. The maximum absolute atomic E-state index is 12.3. The van der Waals surface area contributed by atoms with Crippen LogP contribution in [0.25, 0.3) is 22.3 Å². The lowest BCUT2D eigenvalue weighted by atomic mass is 10.0. The molecule has 0 aliphatic carbocycles. The lowest BCUT2D eigenvalue weighted by molar-refractivity contribution is -0.121. The van der Waals surface area contributed by atoms with E-state index in [1.807, 2.05) is 55.5 Å². The number of rotatable bonds is 6. The topological polar surface area (TPSA) is 86.9 Å². The second-order valence-electron chi connectivity index (χ2n) is 7.61. The Morgan fingerprint density at radius 2 is 1.84 bits per heavy atom. The number of hydrogen-bond donors (Lipinski definition) is 3. The number of hydrazine groups is 1. The molecule has 0 saturated heterocycles. The first-order valence-corrected chi connectivity index (χ1v) is 10.8. The minimum Gasteiger partial charge on any atom is -0.353 e. The molecule has 4 rings (SSSR count). The van der Waals surface area contributed by atoms with Crippen LogP contribution in [0.5, 0.6) is 0 Å². The van der Waals surface area contributed by atoms with Crippen LogP contribution >= 0.6 is 11.6 Å². The van der Waals surface area contributed by atoms with Crippen LogP contribution in [0.15, 0.2) is 66.9 Å². The number of halogens is 1. The number of aromatic nitrogens is 2. The second-order valence-corrected chi connectivity index (χ2v) is 8.04. The van der Waals surface area contributed by atoms with Gasteiger partial charge in [0, 0.05) is 34.1 Å². The first kappa shape index (κ1) is 21.6. The van der Waals surface area contributed by atoms with Gasteiger partial charge in [-0.15, -0.1) is 0 Å². The molecule has 32 heavy (non-hydrogen) atoms. The van der Waals surface area contributed by atoms with Gasteiger partial charge >= 0.3 is 0 Å². The van der Waals surface area contributed by atoms with Crippen molar-refractivity contribution in [3.05, 3.63) is 88.6 Å². The maximum atomic E-state index is 12.3. The molecule has 2 amide bonds. The quantitative estimate of drug-likeness (QED) is 0.365. The molecule has 0 fully saturated rings. The number of nitrogens with zero attached hydrogens (tertiary/aromatic N) is 1. The van der Waals surface area contributed by atoms with Crippen molar-refractivity contribution in [2.75, 3.05) is 0 Å². The van der Waals surface area contributed by atoms with E-state index in [1.165, 1.54) is 0 Å². The van der Waals surface area contributed by atoms with Crippen molar-refractivity contribution in [3.8, 4) is 11.4 Å². The van der Waals surface area contributed by atoms with E-state index in [-0.39, 0.29) is 18.2 Å². The Hall–Kier alpha value is -3.64. The van der Waals surface area contributed by atoms with E-state index in [1.54, 1.807) is 18.3 Å². The third-order valence-electron chi connectivity index (χ3n) is 5.25. The monoisotopic (exact) mass is 446 g/mol. The summed E-state index contributed by atoms with van der Waals surface area (Å²) in [4.78, 5) is 32.3. The number of pyridine rings is 1. The van der Waals surface area contributed by atoms with Gasteiger partial charge in [0.05, 0.1) is 11.4 Å². The van der Waals surface area contributed by atoms with Gasteiger partial charge in [-0.05, 0) is 67.8 Å². The van der Waals surface area contributed by atoms with Crippen LogP contribution in [0, 0.1) is 6.92 Å². The molecule has 162 valence electrons. The van der Waals surface area contributed by atoms with Gasteiger partial charge in [-0.2, -0.15) is 0 Å². The summed E-state index contributed by atoms with van der Waals surface area (Å²) in [5, 5.41) is 1.67. The van der Waals surface area contributed by atoms with E-state index >= 15 is 0 Å². The largest absolute Gasteiger partial charge is 0.353 e. The summed E-state index contributed by atoms with van der Waals surface area (Å²) in [5.41, 5.74) is 10.3. The summed E-state index contributed by atoms with van der Waals surface area (Å²) < 4.78 is 0. The van der Waals surface area contributed by atoms with Crippen LogP contribution in [0.2, 0.25) is 5.02 Å². The summed E-state index contributed by atoms with van der Waals surface area (Å²) in [6, 6.07) is 18.6. The average Bonchev–Trinajstić information content (AvgIpc) is 3.16. The van der Waals surface area contributed by atoms with Crippen LogP contribution < -0.4 is 10.9 Å². The maximum Gasteiger partial charge on any atom is 0.269 e. The van der Waals surface area contributed by atoms with E-state index in [4.69, 9.17) is 11.6 Å². The van der Waals surface area contributed by atoms with Crippen LogP contribution in [0.3, 0.4) is 0 Å². The summed E-state index contributed by atoms with van der Waals surface area (Å²) in [5.74, 6) is -0.593. The summed E-state index contributed by atoms with van der Waals surface area (Å²) in [6.45, 7) is 1.95. The van der Waals surface area contributed by atoms with E-state index in [0.29, 0.717) is 23.4 Å². The Morgan fingerprint density at radius 3 is 2.59 bits per heavy atom. The smallest absolute Gasteiger partial charge is 0.269 e. The molecule has 3 N–H and O–H groups in total. The number of carbonyl (C=O) groups is 2. The SMILES string of the molecule is Cc1ccc(C(=O)NNC(=O)CCCc2c(-c3ccccn3)[nH]c3ccc(Cl)cc23)cc1. The predicted molar refractivity (Wildman–Crippen MR) is 126 cm³/mol. The van der Waals surface area contributed by atoms with Gasteiger partial charge in [0.1, 0.15) is 0 Å². The van der Waals surface area contributed by atoms with Crippen molar-refractivity contribution >= 4 is 34.3 Å². The Morgan fingerprint density at radius 1 is 1.03 bits per heavy atom. The highest BCUT2D eigenvalue weighted by Crippen LogP contribution is 2.32. The first-order valence-electron chi connectivity index (χ1n) is 10.4. The molecule has 7 heteroatoms. The molecule has 0 bridgehead atoms. The number of aromatic amines is 1. The molecule has 0 aliphatic heterocycles. The van der Waals surface area contributed by atoms with Crippen molar-refractivity contribution in [1.82, 2.24) is 20.8 Å². The van der Waals surface area contributed by atoms with Crippen molar-refractivity contribution in [2.45, 2.75) is 26.2 Å². The highest BCUT2D eigenvalue weighted by Gasteiger charge is 2.15. The van der Waals surface area contributed by atoms with Crippen molar-refractivity contribution in [1.29, 1.82) is 0 Å². The summed E-state index contributed by atoms with van der Waals surface area (Å²) in [6.07, 6.45) is 3.28. The average molecular weight is 447 g/mol. The Bertz CT molecular complexity index is 1250. The molecule has 0 unspecified atom stereocenters. The van der Waals surface area contributed by atoms with Gasteiger partial charge in [0.25, 0.3) is 5.91 Å². The van der Waals surface area contributed by atoms with Crippen LogP contribution in [0.1, 0.15) is 34.3 Å². The molecule has 0 saturated carbocycles. The van der Waals surface area contributed by atoms with E-state index in [9.17, 15) is 9.59 Å². The molecule has 0 atom stereocenters. The number of fused-ring (bicyclic) bond motifs is 1. The second kappa shape index (κ2) is 9.66. The number of nitrogens with one attached hydrogen (secondary N) is 3. The standard InChI is InChI=1S/C25H23ClN4O2/c1-16-8-10-17(11-9-16)25(32)30-29-23(31)7-4-5-19-20-15-18(26)12-13-21(20)28-24(19)22-6-2-3-14-27-22/h2-3,6,8-15,28H,4-5,7H2,1H3,(H,29,31)(H,30,32). The predicted octanol–water partition coefficient (Wildman–Crippen LogP) is 4.98. The molecule has 0 spiro atoms. The van der Waals surface area contributed by atoms with Crippen molar-refractivity contribution in [3.63, 3.8) is 0 Å². The fourth-order valence-electron chi connectivity index (χ4n) is 3.60. The zero-order valence-corrected chi connectivity index (χ0v) is 18.4. The normalized spacial score (nSPS) is 10.8. The summed E-state index contributed by atoms with van der Waals surface area (Å²) >= 11 is 6.23. The number of amides is 2. The van der Waals surface area contributed by atoms with Crippen molar-refractivity contribution < 1.29 is 9.59 Å². The molecule has 2 aromatic heterocycles. The molecule has 0 aliphatic rings. The van der Waals surface area contributed by atoms with Gasteiger partial charge in [-0.3, -0.25) is 25.4 Å². The molecule has 0 radical (unpaired) electrons. The Kier molecular flexibility index (Phi) is 6.52. The molecule has 6 nitrogen and oxygen atoms in total. The Labute approximate surface area is 191 Å². The molecule has 2 aromatic carbocycles. The van der Waals surface area contributed by atoms with Gasteiger partial charge in [-0.1, -0.05) is 35.4 Å². The third-order valence-corrected chi connectivity index (χ3v) is 5.48. The van der Waals surface area contributed by atoms with Crippen LogP contribution in [-0.4, -0.2) is 21.8 Å². The van der Waals surface area contributed by atoms with Gasteiger partial charge in [0.15, 0.2) is 0 Å². The number of carbonyl (C=O) groups excluding carboxylic acids is 2. The minimum absolute atomic E-state index is 0.247. The van der Waals surface area contributed by atoms with Gasteiger partial charge in [-0.25, -0.2) is 0 Å². The Balaban J connectivity index is 1.40. The first-order chi connectivity index (χ1) is 15.5. The van der Waals surface area contributed by atoms with E-state index < -0.39 is 0 Å². The van der Waals surface area contributed by atoms with Gasteiger partial charge < -0.3 is 4.98 Å². The number of hydrogen-bond acceptors (Lipinski definition) is 3. The number of aryl methyl sites for hydroxylation is 2. The van der Waals surface area contributed by atoms with E-state index in [2.05, 4.69) is 20.8 Å². The molecular weight excluding hydrogens is 424 g/mol. The number of H-pyrrole nitrogens is 1. The van der Waals surface area contributed by atoms with Gasteiger partial charge in [0.2, 0.25) is 5.91 Å². The highest BCUT2D eigenvalue weighted by atomic mass is 35.5. The highest BCUT2D eigenvalue weighted by molar-refractivity contribution is 6.31.